The third-order valence-electron chi connectivity index (χ3n) is 4.82. The average molecular weight is 390 g/mol. The van der Waals surface area contributed by atoms with Gasteiger partial charge in [-0.05, 0) is 31.2 Å². The van der Waals surface area contributed by atoms with Gasteiger partial charge in [0.2, 0.25) is 0 Å². The van der Waals surface area contributed by atoms with Crippen LogP contribution in [0.2, 0.25) is 0 Å². The molecule has 1 saturated heterocycles. The lowest BCUT2D eigenvalue weighted by molar-refractivity contribution is 0.182. The molecule has 0 bridgehead atoms. The van der Waals surface area contributed by atoms with E-state index < -0.39 is 0 Å². The average Bonchev–Trinajstić information content (AvgIpc) is 3.41. The zero-order valence-corrected chi connectivity index (χ0v) is 15.6. The van der Waals surface area contributed by atoms with E-state index in [-0.39, 0.29) is 17.6 Å². The van der Waals surface area contributed by atoms with Gasteiger partial charge in [0.25, 0.3) is 5.56 Å². The van der Waals surface area contributed by atoms with E-state index in [1.807, 2.05) is 19.1 Å². The summed E-state index contributed by atoms with van der Waals surface area (Å²) in [5, 5.41) is 12.9. The third kappa shape index (κ3) is 3.23. The summed E-state index contributed by atoms with van der Waals surface area (Å²) in [6.45, 7) is 2.62. The topological polar surface area (TPSA) is 113 Å². The maximum absolute atomic E-state index is 12.5. The molecule has 0 spiro atoms. The molecule has 4 aromatic heterocycles. The zero-order chi connectivity index (χ0) is 19.8. The van der Waals surface area contributed by atoms with Crippen molar-refractivity contribution in [2.45, 2.75) is 19.0 Å². The van der Waals surface area contributed by atoms with Crippen LogP contribution < -0.4 is 10.9 Å². The predicted octanol–water partition coefficient (Wildman–Crippen LogP) is 1.13. The smallest absolute Gasteiger partial charge is 0.267 e. The molecule has 0 saturated carbocycles. The third-order valence-corrected chi connectivity index (χ3v) is 4.82. The first-order valence-electron chi connectivity index (χ1n) is 9.22. The van der Waals surface area contributed by atoms with Gasteiger partial charge in [0.15, 0.2) is 11.5 Å². The van der Waals surface area contributed by atoms with Gasteiger partial charge in [-0.1, -0.05) is 0 Å². The highest BCUT2D eigenvalue weighted by atomic mass is 16.5. The summed E-state index contributed by atoms with van der Waals surface area (Å²) in [5.41, 5.74) is 0.419. The Morgan fingerprint density at radius 1 is 1.14 bits per heavy atom. The Labute approximate surface area is 165 Å². The number of fused-ring (bicyclic) bond motifs is 1. The summed E-state index contributed by atoms with van der Waals surface area (Å²) < 4.78 is 8.75. The van der Waals surface area contributed by atoms with Crippen molar-refractivity contribution in [2.75, 3.05) is 18.5 Å². The van der Waals surface area contributed by atoms with E-state index >= 15 is 0 Å². The molecule has 0 aliphatic carbocycles. The van der Waals surface area contributed by atoms with Crippen molar-refractivity contribution in [1.29, 1.82) is 0 Å². The first-order valence-corrected chi connectivity index (χ1v) is 9.22. The molecule has 5 rings (SSSR count). The molecular formula is C19H18N8O2. The Morgan fingerprint density at radius 2 is 2.07 bits per heavy atom. The van der Waals surface area contributed by atoms with Gasteiger partial charge in [0.1, 0.15) is 17.7 Å². The largest absolute Gasteiger partial charge is 0.377 e. The van der Waals surface area contributed by atoms with Crippen LogP contribution in [-0.2, 0) is 4.74 Å². The van der Waals surface area contributed by atoms with Gasteiger partial charge >= 0.3 is 0 Å². The van der Waals surface area contributed by atoms with Crippen molar-refractivity contribution in [1.82, 2.24) is 34.5 Å². The minimum atomic E-state index is -0.292. The summed E-state index contributed by atoms with van der Waals surface area (Å²) in [4.78, 5) is 25.8. The lowest BCUT2D eigenvalue weighted by Gasteiger charge is -2.21. The Bertz CT molecular complexity index is 1220. The maximum atomic E-state index is 12.5. The van der Waals surface area contributed by atoms with E-state index in [2.05, 4.69) is 30.5 Å². The molecule has 1 fully saturated rings. The van der Waals surface area contributed by atoms with E-state index in [0.29, 0.717) is 36.3 Å². The number of anilines is 1. The highest BCUT2D eigenvalue weighted by Crippen LogP contribution is 2.25. The summed E-state index contributed by atoms with van der Waals surface area (Å²) in [6.07, 6.45) is 5.14. The molecule has 0 amide bonds. The number of nitrogens with one attached hydrogen (secondary N) is 1. The van der Waals surface area contributed by atoms with Gasteiger partial charge in [0.05, 0.1) is 24.6 Å². The minimum absolute atomic E-state index is 0.189. The first kappa shape index (κ1) is 17.4. The molecule has 1 aliphatic heterocycles. The Hall–Kier alpha value is -3.66. The number of ether oxygens (including phenoxy) is 1. The van der Waals surface area contributed by atoms with Gasteiger partial charge in [-0.2, -0.15) is 5.10 Å². The van der Waals surface area contributed by atoms with Crippen molar-refractivity contribution in [3.8, 4) is 5.82 Å². The van der Waals surface area contributed by atoms with Crippen LogP contribution in [-0.4, -0.2) is 53.8 Å². The second kappa shape index (κ2) is 7.06. The van der Waals surface area contributed by atoms with Gasteiger partial charge in [0, 0.05) is 24.7 Å². The fourth-order valence-corrected chi connectivity index (χ4v) is 3.46. The normalized spacial score (nSPS) is 18.9. The molecule has 5 heterocycles. The molecular weight excluding hydrogens is 372 g/mol. The second-order valence-corrected chi connectivity index (χ2v) is 6.77. The SMILES string of the molecule is Cc1nc(NC2COCC2n2nc(-n3cccn3)ccc2=O)c2cccnc2n1. The molecule has 10 nitrogen and oxygen atoms in total. The number of hydrogen-bond acceptors (Lipinski definition) is 8. The molecule has 1 N–H and O–H groups in total. The standard InChI is InChI=1S/C19H18N8O2/c1-12-22-18-13(4-2-7-20-18)19(23-12)24-14-10-29-11-15(14)27-17(28)6-5-16(25-27)26-9-3-8-21-26/h2-9,14-15H,10-11H2,1H3,(H,20,22,23,24). The molecule has 10 heteroatoms. The molecule has 146 valence electrons. The molecule has 0 aromatic carbocycles. The number of hydrogen-bond donors (Lipinski definition) is 1. The van der Waals surface area contributed by atoms with Crippen LogP contribution in [0.1, 0.15) is 11.9 Å². The van der Waals surface area contributed by atoms with Crippen LogP contribution in [0.3, 0.4) is 0 Å². The molecule has 1 aliphatic rings. The van der Waals surface area contributed by atoms with E-state index in [1.54, 1.807) is 35.4 Å². The quantitative estimate of drug-likeness (QED) is 0.552. The predicted molar refractivity (Wildman–Crippen MR) is 105 cm³/mol. The summed E-state index contributed by atoms with van der Waals surface area (Å²) in [7, 11) is 0. The van der Waals surface area contributed by atoms with Gasteiger partial charge < -0.3 is 10.1 Å². The fraction of sp³-hybridized carbons (Fsp3) is 0.263. The lowest BCUT2D eigenvalue weighted by atomic mass is 10.1. The molecule has 4 aromatic rings. The Balaban J connectivity index is 1.51. The van der Waals surface area contributed by atoms with Crippen molar-refractivity contribution in [2.24, 2.45) is 0 Å². The highest BCUT2D eigenvalue weighted by molar-refractivity contribution is 5.86. The molecule has 0 radical (unpaired) electrons. The monoisotopic (exact) mass is 390 g/mol. The summed E-state index contributed by atoms with van der Waals surface area (Å²) >= 11 is 0. The van der Waals surface area contributed by atoms with E-state index in [9.17, 15) is 4.79 Å². The summed E-state index contributed by atoms with van der Waals surface area (Å²) in [6, 6.07) is 8.22. The number of pyridine rings is 1. The van der Waals surface area contributed by atoms with E-state index in [0.717, 1.165) is 5.39 Å². The van der Waals surface area contributed by atoms with Crippen LogP contribution in [0.25, 0.3) is 16.9 Å². The first-order chi connectivity index (χ1) is 14.2. The minimum Gasteiger partial charge on any atom is -0.377 e. The van der Waals surface area contributed by atoms with Crippen molar-refractivity contribution < 1.29 is 4.74 Å². The van der Waals surface area contributed by atoms with E-state index in [4.69, 9.17) is 4.74 Å². The van der Waals surface area contributed by atoms with E-state index in [1.165, 1.54) is 10.7 Å². The Kier molecular flexibility index (Phi) is 4.24. The summed E-state index contributed by atoms with van der Waals surface area (Å²) in [5.74, 6) is 1.84. The van der Waals surface area contributed by atoms with Crippen molar-refractivity contribution in [3.63, 3.8) is 0 Å². The van der Waals surface area contributed by atoms with Crippen LogP contribution in [0, 0.1) is 6.92 Å². The van der Waals surface area contributed by atoms with Crippen LogP contribution in [0.4, 0.5) is 5.82 Å². The van der Waals surface area contributed by atoms with Gasteiger partial charge in [-0.25, -0.2) is 24.3 Å². The van der Waals surface area contributed by atoms with Gasteiger partial charge in [-0.15, -0.1) is 5.10 Å². The highest BCUT2D eigenvalue weighted by Gasteiger charge is 2.32. The van der Waals surface area contributed by atoms with Crippen molar-refractivity contribution in [3.05, 3.63) is 65.1 Å². The van der Waals surface area contributed by atoms with Gasteiger partial charge in [-0.3, -0.25) is 4.79 Å². The lowest BCUT2D eigenvalue weighted by Crippen LogP contribution is -2.37. The molecule has 2 atom stereocenters. The Morgan fingerprint density at radius 3 is 2.93 bits per heavy atom. The second-order valence-electron chi connectivity index (χ2n) is 6.77. The van der Waals surface area contributed by atoms with Crippen LogP contribution >= 0.6 is 0 Å². The fourth-order valence-electron chi connectivity index (χ4n) is 3.46. The maximum Gasteiger partial charge on any atom is 0.267 e. The number of nitrogens with zero attached hydrogens (tertiary/aromatic N) is 7. The van der Waals surface area contributed by atoms with Crippen LogP contribution in [0.5, 0.6) is 0 Å². The van der Waals surface area contributed by atoms with Crippen molar-refractivity contribution >= 4 is 16.9 Å². The number of aryl methyl sites for hydroxylation is 1. The number of rotatable bonds is 4. The molecule has 29 heavy (non-hydrogen) atoms. The van der Waals surface area contributed by atoms with Crippen LogP contribution in [0.15, 0.2) is 53.7 Å². The number of aromatic nitrogens is 7. The molecule has 2 unspecified atom stereocenters. The zero-order valence-electron chi connectivity index (χ0n) is 15.6.